The summed E-state index contributed by atoms with van der Waals surface area (Å²) in [6, 6.07) is 5.04. The molecule has 1 amide bonds. The molecule has 0 spiro atoms. The Hall–Kier alpha value is -1.43. The van der Waals surface area contributed by atoms with E-state index in [-0.39, 0.29) is 21.2 Å². The second-order valence-corrected chi connectivity index (χ2v) is 4.56. The van der Waals surface area contributed by atoms with Gasteiger partial charge in [-0.05, 0) is 29.8 Å². The van der Waals surface area contributed by atoms with Crippen molar-refractivity contribution in [1.29, 1.82) is 0 Å². The monoisotopic (exact) mass is 319 g/mol. The first-order chi connectivity index (χ1) is 8.95. The lowest BCUT2D eigenvalue weighted by molar-refractivity contribution is 0.102. The molecule has 1 N–H and O–H groups in total. The summed E-state index contributed by atoms with van der Waals surface area (Å²) in [4.78, 5) is 19.2. The normalized spacial score (nSPS) is 10.3. The predicted octanol–water partition coefficient (Wildman–Crippen LogP) is 3.83. The first kappa shape index (κ1) is 14.0. The summed E-state index contributed by atoms with van der Waals surface area (Å²) in [5.74, 6) is -1.14. The molecule has 0 aliphatic carbocycles. The van der Waals surface area contributed by atoms with Crippen molar-refractivity contribution in [3.8, 4) is 0 Å². The van der Waals surface area contributed by atoms with Gasteiger partial charge < -0.3 is 5.32 Å². The molecule has 0 aliphatic rings. The van der Waals surface area contributed by atoms with E-state index in [4.69, 9.17) is 34.8 Å². The maximum atomic E-state index is 13.0. The summed E-state index contributed by atoms with van der Waals surface area (Å²) in [6.45, 7) is 0. The summed E-state index contributed by atoms with van der Waals surface area (Å²) in [5.41, 5.74) is 0.313. The molecule has 0 saturated carbocycles. The summed E-state index contributed by atoms with van der Waals surface area (Å²) in [7, 11) is 0. The van der Waals surface area contributed by atoms with E-state index in [9.17, 15) is 9.18 Å². The van der Waals surface area contributed by atoms with Gasteiger partial charge in [0.15, 0.2) is 0 Å². The number of anilines is 1. The average Bonchev–Trinajstić information content (AvgIpc) is 2.32. The number of amides is 1. The van der Waals surface area contributed by atoms with E-state index in [2.05, 4.69) is 15.3 Å². The second-order valence-electron chi connectivity index (χ2n) is 3.43. The number of nitrogens with zero attached hydrogens (tertiary/aromatic N) is 2. The van der Waals surface area contributed by atoms with Gasteiger partial charge in [-0.2, -0.15) is 0 Å². The molecule has 1 heterocycles. The number of carbonyl (C=O) groups is 1. The van der Waals surface area contributed by atoms with Crippen molar-refractivity contribution in [2.24, 2.45) is 0 Å². The molecule has 0 fully saturated rings. The first-order valence-electron chi connectivity index (χ1n) is 4.92. The highest BCUT2D eigenvalue weighted by atomic mass is 35.5. The lowest BCUT2D eigenvalue weighted by atomic mass is 10.3. The van der Waals surface area contributed by atoms with E-state index in [0.717, 1.165) is 6.07 Å². The highest BCUT2D eigenvalue weighted by Crippen LogP contribution is 2.20. The van der Waals surface area contributed by atoms with Gasteiger partial charge in [-0.1, -0.05) is 23.2 Å². The SMILES string of the molecule is O=C(Nc1ccc(F)c(Cl)c1)c1cc(Cl)nc(Cl)n1. The molecule has 0 radical (unpaired) electrons. The van der Waals surface area contributed by atoms with Crippen LogP contribution >= 0.6 is 34.8 Å². The van der Waals surface area contributed by atoms with Crippen LogP contribution in [0.2, 0.25) is 15.5 Å². The highest BCUT2D eigenvalue weighted by Gasteiger charge is 2.11. The third-order valence-electron chi connectivity index (χ3n) is 2.08. The molecule has 8 heteroatoms. The molecule has 2 rings (SSSR count). The van der Waals surface area contributed by atoms with Gasteiger partial charge in [0.25, 0.3) is 5.91 Å². The Kier molecular flexibility index (Phi) is 4.19. The molecular formula is C11H5Cl3FN3O. The Balaban J connectivity index is 2.22. The number of carbonyl (C=O) groups excluding carboxylic acids is 1. The minimum Gasteiger partial charge on any atom is -0.321 e. The summed E-state index contributed by atoms with van der Waals surface area (Å²) < 4.78 is 13.0. The van der Waals surface area contributed by atoms with Crippen LogP contribution in [0.4, 0.5) is 10.1 Å². The summed E-state index contributed by atoms with van der Waals surface area (Å²) in [5, 5.41) is 2.28. The minimum atomic E-state index is -0.576. The van der Waals surface area contributed by atoms with Gasteiger partial charge in [0.05, 0.1) is 5.02 Å². The van der Waals surface area contributed by atoms with Crippen molar-refractivity contribution < 1.29 is 9.18 Å². The molecule has 0 unspecified atom stereocenters. The summed E-state index contributed by atoms with van der Waals surface area (Å²) in [6.07, 6.45) is 0. The molecule has 0 bridgehead atoms. The van der Waals surface area contributed by atoms with Gasteiger partial charge in [0.2, 0.25) is 5.28 Å². The summed E-state index contributed by atoms with van der Waals surface area (Å²) >= 11 is 16.8. The maximum absolute atomic E-state index is 13.0. The standard InChI is InChI=1S/C11H5Cl3FN3O/c12-6-3-5(1-2-7(6)15)16-10(19)8-4-9(13)18-11(14)17-8/h1-4H,(H,16,19). The zero-order valence-electron chi connectivity index (χ0n) is 9.12. The topological polar surface area (TPSA) is 54.9 Å². The fraction of sp³-hybridized carbons (Fsp3) is 0. The number of aromatic nitrogens is 2. The van der Waals surface area contributed by atoms with Crippen LogP contribution in [-0.4, -0.2) is 15.9 Å². The van der Waals surface area contributed by atoms with Gasteiger partial charge >= 0.3 is 0 Å². The predicted molar refractivity (Wildman–Crippen MR) is 71.4 cm³/mol. The first-order valence-corrected chi connectivity index (χ1v) is 6.05. The fourth-order valence-corrected chi connectivity index (χ4v) is 1.86. The number of rotatable bonds is 2. The molecule has 0 saturated heterocycles. The van der Waals surface area contributed by atoms with E-state index in [0.29, 0.717) is 5.69 Å². The minimum absolute atomic E-state index is 0.00884. The molecule has 1 aromatic heterocycles. The van der Waals surface area contributed by atoms with Crippen molar-refractivity contribution >= 4 is 46.4 Å². The van der Waals surface area contributed by atoms with Crippen LogP contribution in [0.25, 0.3) is 0 Å². The van der Waals surface area contributed by atoms with E-state index >= 15 is 0 Å². The molecular weight excluding hydrogens is 315 g/mol. The maximum Gasteiger partial charge on any atom is 0.274 e. The van der Waals surface area contributed by atoms with Crippen LogP contribution in [-0.2, 0) is 0 Å². The van der Waals surface area contributed by atoms with Gasteiger partial charge in [0.1, 0.15) is 16.7 Å². The van der Waals surface area contributed by atoms with E-state index in [1.165, 1.54) is 18.2 Å². The molecule has 1 aromatic carbocycles. The highest BCUT2D eigenvalue weighted by molar-refractivity contribution is 6.32. The van der Waals surface area contributed by atoms with Crippen molar-refractivity contribution in [3.05, 3.63) is 51.2 Å². The lowest BCUT2D eigenvalue weighted by Gasteiger charge is -2.05. The van der Waals surface area contributed by atoms with Crippen molar-refractivity contribution in [2.45, 2.75) is 0 Å². The lowest BCUT2D eigenvalue weighted by Crippen LogP contribution is -2.14. The van der Waals surface area contributed by atoms with Gasteiger partial charge in [-0.15, -0.1) is 0 Å². The number of hydrogen-bond donors (Lipinski definition) is 1. The van der Waals surface area contributed by atoms with Crippen molar-refractivity contribution in [1.82, 2.24) is 9.97 Å². The Labute approximate surface area is 122 Å². The van der Waals surface area contributed by atoms with Crippen molar-refractivity contribution in [2.75, 3.05) is 5.32 Å². The average molecular weight is 321 g/mol. The van der Waals surface area contributed by atoms with Crippen LogP contribution in [0.5, 0.6) is 0 Å². The zero-order chi connectivity index (χ0) is 14.0. The van der Waals surface area contributed by atoms with E-state index < -0.39 is 11.7 Å². The smallest absolute Gasteiger partial charge is 0.274 e. The van der Waals surface area contributed by atoms with Crippen LogP contribution in [0.3, 0.4) is 0 Å². The Morgan fingerprint density at radius 1 is 1.16 bits per heavy atom. The van der Waals surface area contributed by atoms with E-state index in [1.807, 2.05) is 0 Å². The van der Waals surface area contributed by atoms with Crippen LogP contribution in [0.15, 0.2) is 24.3 Å². The Morgan fingerprint density at radius 3 is 2.53 bits per heavy atom. The Bertz CT molecular complexity index is 631. The second kappa shape index (κ2) is 5.69. The molecule has 4 nitrogen and oxygen atoms in total. The molecule has 0 atom stereocenters. The van der Waals surface area contributed by atoms with Gasteiger partial charge in [-0.3, -0.25) is 4.79 Å². The molecule has 0 aliphatic heterocycles. The number of hydrogen-bond acceptors (Lipinski definition) is 3. The third-order valence-corrected chi connectivity index (χ3v) is 2.73. The van der Waals surface area contributed by atoms with Crippen LogP contribution < -0.4 is 5.32 Å². The van der Waals surface area contributed by atoms with Crippen molar-refractivity contribution in [3.63, 3.8) is 0 Å². The largest absolute Gasteiger partial charge is 0.321 e. The fourth-order valence-electron chi connectivity index (χ4n) is 1.28. The number of halogens is 4. The third kappa shape index (κ3) is 3.53. The molecule has 2 aromatic rings. The van der Waals surface area contributed by atoms with Gasteiger partial charge in [-0.25, -0.2) is 14.4 Å². The zero-order valence-corrected chi connectivity index (χ0v) is 11.4. The van der Waals surface area contributed by atoms with Crippen LogP contribution in [0.1, 0.15) is 10.5 Å². The van der Waals surface area contributed by atoms with E-state index in [1.54, 1.807) is 0 Å². The number of nitrogens with one attached hydrogen (secondary N) is 1. The van der Waals surface area contributed by atoms with Crippen LogP contribution in [0, 0.1) is 5.82 Å². The quantitative estimate of drug-likeness (QED) is 0.676. The molecule has 19 heavy (non-hydrogen) atoms. The Morgan fingerprint density at radius 2 is 1.89 bits per heavy atom. The molecule has 98 valence electrons. The number of benzene rings is 1. The van der Waals surface area contributed by atoms with Gasteiger partial charge in [0, 0.05) is 11.8 Å².